The summed E-state index contributed by atoms with van der Waals surface area (Å²) in [4.78, 5) is 66.7. The van der Waals surface area contributed by atoms with Gasteiger partial charge in [-0.15, -0.1) is 0 Å². The number of hydrogen-bond donors (Lipinski definition) is 7. The van der Waals surface area contributed by atoms with Crippen molar-refractivity contribution in [2.45, 2.75) is 37.4 Å². The number of nitrogens with one attached hydrogen (secondary N) is 2. The van der Waals surface area contributed by atoms with Crippen LogP contribution in [0.5, 0.6) is 0 Å². The molecular weight excluding hydrogens is 344 g/mol. The summed E-state index contributed by atoms with van der Waals surface area (Å²) >= 11 is 0. The van der Waals surface area contributed by atoms with Crippen molar-refractivity contribution in [2.24, 2.45) is 11.5 Å². The van der Waals surface area contributed by atoms with E-state index in [1.807, 2.05) is 10.6 Å². The molecule has 140 valence electrons. The number of carbonyl (C=O) groups excluding carboxylic acids is 3. The highest BCUT2D eigenvalue weighted by atomic mass is 16.4. The van der Waals surface area contributed by atoms with Gasteiger partial charge in [0.05, 0.1) is 25.3 Å². The van der Waals surface area contributed by atoms with Crippen LogP contribution in [0.1, 0.15) is 19.3 Å². The van der Waals surface area contributed by atoms with Gasteiger partial charge in [0, 0.05) is 0 Å². The van der Waals surface area contributed by atoms with E-state index in [4.69, 9.17) is 26.8 Å². The van der Waals surface area contributed by atoms with Gasteiger partial charge < -0.3 is 37.4 Å². The lowest BCUT2D eigenvalue weighted by Gasteiger charge is -2.21. The van der Waals surface area contributed by atoms with E-state index in [2.05, 4.69) is 0 Å². The molecule has 0 saturated carbocycles. The van der Waals surface area contributed by atoms with E-state index in [1.54, 1.807) is 0 Å². The Morgan fingerprint density at radius 3 is 1.60 bits per heavy atom. The number of amides is 3. The standard InChI is InChI=1S/C12H18N4O9/c13-4(1-7(14)17)10(22)15-5(2-8(18)19)11(23)16-6(12(24)25)3-9(20)21/h4-6H,1-3,13H2,(H2,14,17)(H,15,22)(H,16,23)(H,18,19)(H,20,21)(H,24,25). The maximum Gasteiger partial charge on any atom is 0.326 e. The highest BCUT2D eigenvalue weighted by Gasteiger charge is 2.30. The van der Waals surface area contributed by atoms with E-state index in [1.165, 1.54) is 0 Å². The van der Waals surface area contributed by atoms with Crippen molar-refractivity contribution in [3.05, 3.63) is 0 Å². The molecule has 0 heterocycles. The lowest BCUT2D eigenvalue weighted by Crippen LogP contribution is -2.55. The van der Waals surface area contributed by atoms with Crippen molar-refractivity contribution in [2.75, 3.05) is 0 Å². The van der Waals surface area contributed by atoms with Crippen LogP contribution in [-0.2, 0) is 28.8 Å². The molecule has 0 aromatic heterocycles. The van der Waals surface area contributed by atoms with Gasteiger partial charge in [-0.3, -0.25) is 24.0 Å². The van der Waals surface area contributed by atoms with E-state index in [9.17, 15) is 28.8 Å². The first-order valence-corrected chi connectivity index (χ1v) is 6.75. The minimum absolute atomic E-state index is 0.565. The van der Waals surface area contributed by atoms with E-state index in [0.29, 0.717) is 0 Å². The second-order valence-electron chi connectivity index (χ2n) is 4.93. The third-order valence-corrected chi connectivity index (χ3v) is 2.76. The maximum absolute atomic E-state index is 12.0. The van der Waals surface area contributed by atoms with Crippen molar-refractivity contribution in [3.63, 3.8) is 0 Å². The third kappa shape index (κ3) is 8.85. The molecule has 0 radical (unpaired) electrons. The van der Waals surface area contributed by atoms with Crippen LogP contribution in [0.25, 0.3) is 0 Å². The first-order chi connectivity index (χ1) is 11.4. The Kier molecular flexibility index (Phi) is 8.55. The monoisotopic (exact) mass is 362 g/mol. The number of carboxylic acids is 3. The van der Waals surface area contributed by atoms with Gasteiger partial charge in [-0.2, -0.15) is 0 Å². The van der Waals surface area contributed by atoms with Gasteiger partial charge in [0.2, 0.25) is 17.7 Å². The number of carbonyl (C=O) groups is 6. The van der Waals surface area contributed by atoms with Crippen molar-refractivity contribution in [1.82, 2.24) is 10.6 Å². The smallest absolute Gasteiger partial charge is 0.326 e. The van der Waals surface area contributed by atoms with E-state index >= 15 is 0 Å². The number of hydrogen-bond acceptors (Lipinski definition) is 7. The number of aliphatic carboxylic acids is 3. The summed E-state index contributed by atoms with van der Waals surface area (Å²) in [5.41, 5.74) is 10.2. The number of rotatable bonds is 11. The topological polar surface area (TPSA) is 239 Å². The first-order valence-electron chi connectivity index (χ1n) is 6.75. The summed E-state index contributed by atoms with van der Waals surface area (Å²) in [7, 11) is 0. The first kappa shape index (κ1) is 21.8. The molecule has 0 aliphatic carbocycles. The Morgan fingerprint density at radius 1 is 0.760 bits per heavy atom. The van der Waals surface area contributed by atoms with Crippen LogP contribution >= 0.6 is 0 Å². The molecule has 0 aliphatic rings. The molecule has 9 N–H and O–H groups in total. The summed E-state index contributed by atoms with van der Waals surface area (Å²) in [6.07, 6.45) is -2.46. The number of carboxylic acid groups (broad SMARTS) is 3. The molecule has 0 aliphatic heterocycles. The number of primary amides is 1. The quantitative estimate of drug-likeness (QED) is 0.189. The van der Waals surface area contributed by atoms with E-state index < -0.39 is 73.0 Å². The Hall–Kier alpha value is -3.22. The Balaban J connectivity index is 5.11. The summed E-state index contributed by atoms with van der Waals surface area (Å²) in [6.45, 7) is 0. The Labute approximate surface area is 140 Å². The highest BCUT2D eigenvalue weighted by Crippen LogP contribution is 2.00. The summed E-state index contributed by atoms with van der Waals surface area (Å²) in [5.74, 6) is -7.90. The zero-order valence-electron chi connectivity index (χ0n) is 12.8. The minimum Gasteiger partial charge on any atom is -0.481 e. The Bertz CT molecular complexity index is 577. The summed E-state index contributed by atoms with van der Waals surface area (Å²) < 4.78 is 0. The van der Waals surface area contributed by atoms with Crippen molar-refractivity contribution >= 4 is 35.6 Å². The normalized spacial score (nSPS) is 13.8. The van der Waals surface area contributed by atoms with Crippen LogP contribution in [0.15, 0.2) is 0 Å². The average molecular weight is 362 g/mol. The van der Waals surface area contributed by atoms with Gasteiger partial charge in [0.25, 0.3) is 0 Å². The van der Waals surface area contributed by atoms with Gasteiger partial charge in [-0.25, -0.2) is 4.79 Å². The molecule has 0 saturated heterocycles. The van der Waals surface area contributed by atoms with Gasteiger partial charge >= 0.3 is 17.9 Å². The fourth-order valence-corrected chi connectivity index (χ4v) is 1.62. The molecule has 0 aromatic rings. The molecule has 0 rings (SSSR count). The van der Waals surface area contributed by atoms with Gasteiger partial charge in [0.1, 0.15) is 12.1 Å². The second-order valence-corrected chi connectivity index (χ2v) is 4.93. The van der Waals surface area contributed by atoms with E-state index in [-0.39, 0.29) is 0 Å². The van der Waals surface area contributed by atoms with Crippen LogP contribution in [0, 0.1) is 0 Å². The van der Waals surface area contributed by atoms with Crippen molar-refractivity contribution < 1.29 is 44.1 Å². The molecule has 0 aromatic carbocycles. The van der Waals surface area contributed by atoms with Gasteiger partial charge in [-0.1, -0.05) is 0 Å². The van der Waals surface area contributed by atoms with Crippen LogP contribution in [0.4, 0.5) is 0 Å². The average Bonchev–Trinajstić information content (AvgIpc) is 2.43. The minimum atomic E-state index is -1.84. The summed E-state index contributed by atoms with van der Waals surface area (Å²) in [5, 5.41) is 30.0. The van der Waals surface area contributed by atoms with Crippen LogP contribution in [0.3, 0.4) is 0 Å². The predicted molar refractivity (Wildman–Crippen MR) is 77.8 cm³/mol. The lowest BCUT2D eigenvalue weighted by atomic mass is 10.1. The molecular formula is C12H18N4O9. The van der Waals surface area contributed by atoms with Gasteiger partial charge in [-0.05, 0) is 0 Å². The zero-order chi connectivity index (χ0) is 19.7. The van der Waals surface area contributed by atoms with Crippen LogP contribution < -0.4 is 22.1 Å². The SMILES string of the molecule is NC(=O)CC(N)C(=O)NC(CC(=O)O)C(=O)NC(CC(=O)O)C(=O)O. The van der Waals surface area contributed by atoms with Crippen molar-refractivity contribution in [3.8, 4) is 0 Å². The molecule has 3 atom stereocenters. The largest absolute Gasteiger partial charge is 0.481 e. The maximum atomic E-state index is 12.0. The molecule has 0 spiro atoms. The Morgan fingerprint density at radius 2 is 1.20 bits per heavy atom. The fraction of sp³-hybridized carbons (Fsp3) is 0.500. The highest BCUT2D eigenvalue weighted by molar-refractivity contribution is 5.95. The molecule has 13 nitrogen and oxygen atoms in total. The molecule has 3 amide bonds. The fourth-order valence-electron chi connectivity index (χ4n) is 1.62. The summed E-state index contributed by atoms with van der Waals surface area (Å²) in [6, 6.07) is -5.02. The molecule has 25 heavy (non-hydrogen) atoms. The molecule has 3 unspecified atom stereocenters. The molecule has 0 fully saturated rings. The third-order valence-electron chi connectivity index (χ3n) is 2.76. The molecule has 0 bridgehead atoms. The second kappa shape index (κ2) is 9.82. The van der Waals surface area contributed by atoms with E-state index in [0.717, 1.165) is 0 Å². The molecule has 13 heteroatoms. The van der Waals surface area contributed by atoms with Crippen LogP contribution in [0.2, 0.25) is 0 Å². The predicted octanol–water partition coefficient (Wildman–Crippen LogP) is -3.81. The van der Waals surface area contributed by atoms with Crippen molar-refractivity contribution in [1.29, 1.82) is 0 Å². The number of nitrogens with two attached hydrogens (primary N) is 2. The van der Waals surface area contributed by atoms with Gasteiger partial charge in [0.15, 0.2) is 0 Å². The zero-order valence-corrected chi connectivity index (χ0v) is 12.8. The lowest BCUT2D eigenvalue weighted by molar-refractivity contribution is -0.148. The van der Waals surface area contributed by atoms with Crippen LogP contribution in [-0.4, -0.2) is 69.1 Å².